The largest absolute Gasteiger partial charge is 0.387 e. The van der Waals surface area contributed by atoms with E-state index in [1.54, 1.807) is 18.3 Å². The third-order valence-electron chi connectivity index (χ3n) is 8.04. The monoisotopic (exact) mass is 613 g/mol. The molecule has 0 aliphatic heterocycles. The Bertz CT molecular complexity index is 1600. The first-order valence-electron chi connectivity index (χ1n) is 15.8. The SMILES string of the molecule is CC(Cc1cccc(CC(=O)NCc2ccc(CNC(c3ccccc3)c3ccccc3)cc2)c1)NCC(O)c1ccc(N)nc1. The van der Waals surface area contributed by atoms with E-state index in [0.717, 1.165) is 35.2 Å². The van der Waals surface area contributed by atoms with Crippen molar-refractivity contribution in [2.24, 2.45) is 0 Å². The molecule has 236 valence electrons. The van der Waals surface area contributed by atoms with Gasteiger partial charge in [0.05, 0.1) is 18.6 Å². The minimum Gasteiger partial charge on any atom is -0.387 e. The predicted molar refractivity (Wildman–Crippen MR) is 185 cm³/mol. The molecule has 1 heterocycles. The van der Waals surface area contributed by atoms with E-state index in [-0.39, 0.29) is 18.0 Å². The summed E-state index contributed by atoms with van der Waals surface area (Å²) < 4.78 is 0. The second kappa shape index (κ2) is 16.5. The average molecular weight is 614 g/mol. The molecule has 1 aromatic heterocycles. The van der Waals surface area contributed by atoms with Gasteiger partial charge in [0.15, 0.2) is 0 Å². The number of amides is 1. The fraction of sp³-hybridized carbons (Fsp3) is 0.231. The first-order valence-corrected chi connectivity index (χ1v) is 15.8. The highest BCUT2D eigenvalue weighted by Gasteiger charge is 2.14. The van der Waals surface area contributed by atoms with Gasteiger partial charge in [0.25, 0.3) is 0 Å². The maximum Gasteiger partial charge on any atom is 0.224 e. The number of pyridine rings is 1. The van der Waals surface area contributed by atoms with Crippen molar-refractivity contribution in [3.63, 3.8) is 0 Å². The molecule has 0 saturated carbocycles. The normalized spacial score (nSPS) is 12.5. The molecule has 7 heteroatoms. The summed E-state index contributed by atoms with van der Waals surface area (Å²) in [4.78, 5) is 16.8. The molecule has 1 amide bonds. The number of nitrogens with zero attached hydrogens (tertiary/aromatic N) is 1. The molecule has 7 nitrogen and oxygen atoms in total. The van der Waals surface area contributed by atoms with Crippen LogP contribution in [0.3, 0.4) is 0 Å². The molecular weight excluding hydrogens is 570 g/mol. The topological polar surface area (TPSA) is 112 Å². The summed E-state index contributed by atoms with van der Waals surface area (Å²) >= 11 is 0. The van der Waals surface area contributed by atoms with Crippen LogP contribution in [0.4, 0.5) is 5.82 Å². The van der Waals surface area contributed by atoms with Crippen molar-refractivity contribution in [3.8, 4) is 0 Å². The Morgan fingerprint density at radius 1 is 0.717 bits per heavy atom. The first kappa shape index (κ1) is 32.6. The van der Waals surface area contributed by atoms with Gasteiger partial charge in [-0.1, -0.05) is 115 Å². The molecule has 46 heavy (non-hydrogen) atoms. The van der Waals surface area contributed by atoms with Gasteiger partial charge in [-0.2, -0.15) is 0 Å². The number of aromatic nitrogens is 1. The van der Waals surface area contributed by atoms with Gasteiger partial charge in [0.1, 0.15) is 5.82 Å². The van der Waals surface area contributed by atoms with E-state index < -0.39 is 6.10 Å². The van der Waals surface area contributed by atoms with E-state index in [1.165, 1.54) is 16.7 Å². The molecule has 0 radical (unpaired) electrons. The van der Waals surface area contributed by atoms with Crippen molar-refractivity contribution >= 4 is 11.7 Å². The Balaban J connectivity index is 1.06. The number of rotatable bonds is 15. The molecule has 0 saturated heterocycles. The number of nitrogens with two attached hydrogens (primary N) is 1. The van der Waals surface area contributed by atoms with Crippen molar-refractivity contribution in [3.05, 3.63) is 166 Å². The van der Waals surface area contributed by atoms with Gasteiger partial charge in [0.2, 0.25) is 5.91 Å². The zero-order chi connectivity index (χ0) is 32.1. The Hall–Kier alpha value is -4.82. The maximum absolute atomic E-state index is 12.8. The highest BCUT2D eigenvalue weighted by Crippen LogP contribution is 2.22. The number of nitrogens with one attached hydrogen (secondary N) is 3. The van der Waals surface area contributed by atoms with Gasteiger partial charge >= 0.3 is 0 Å². The predicted octanol–water partition coefficient (Wildman–Crippen LogP) is 5.66. The molecule has 5 aromatic rings. The lowest BCUT2D eigenvalue weighted by Gasteiger charge is -2.20. The van der Waals surface area contributed by atoms with Crippen molar-refractivity contribution in [2.75, 3.05) is 12.3 Å². The summed E-state index contributed by atoms with van der Waals surface area (Å²) in [6, 6.07) is 41.2. The van der Waals surface area contributed by atoms with E-state index in [0.29, 0.717) is 25.3 Å². The Labute approximate surface area is 271 Å². The third-order valence-corrected chi connectivity index (χ3v) is 8.04. The van der Waals surface area contributed by atoms with E-state index in [9.17, 15) is 9.90 Å². The van der Waals surface area contributed by atoms with Crippen LogP contribution in [0.5, 0.6) is 0 Å². The van der Waals surface area contributed by atoms with Crippen molar-refractivity contribution in [1.29, 1.82) is 0 Å². The molecule has 0 bridgehead atoms. The van der Waals surface area contributed by atoms with Crippen LogP contribution in [0, 0.1) is 0 Å². The lowest BCUT2D eigenvalue weighted by atomic mass is 9.98. The second-order valence-corrected chi connectivity index (χ2v) is 11.8. The molecule has 0 fully saturated rings. The van der Waals surface area contributed by atoms with Crippen molar-refractivity contribution in [1.82, 2.24) is 20.9 Å². The number of hydrogen-bond donors (Lipinski definition) is 5. The average Bonchev–Trinajstić information content (AvgIpc) is 3.08. The smallest absolute Gasteiger partial charge is 0.224 e. The molecule has 2 atom stereocenters. The quantitative estimate of drug-likeness (QED) is 0.104. The summed E-state index contributed by atoms with van der Waals surface area (Å²) in [6.45, 7) is 3.70. The zero-order valence-corrected chi connectivity index (χ0v) is 26.3. The molecule has 2 unspecified atom stereocenters. The van der Waals surface area contributed by atoms with Gasteiger partial charge in [-0.05, 0) is 52.8 Å². The third kappa shape index (κ3) is 9.84. The zero-order valence-electron chi connectivity index (χ0n) is 26.3. The molecule has 0 aliphatic carbocycles. The Morgan fingerprint density at radius 3 is 1.98 bits per heavy atom. The number of carbonyl (C=O) groups excluding carboxylic acids is 1. The molecule has 5 rings (SSSR count). The van der Waals surface area contributed by atoms with Crippen LogP contribution >= 0.6 is 0 Å². The molecular formula is C39H43N5O2. The van der Waals surface area contributed by atoms with Crippen molar-refractivity contribution < 1.29 is 9.90 Å². The standard InChI is InChI=1S/C39H43N5O2/c1-28(41-27-36(45)35-19-20-37(40)42-26-35)21-31-9-8-10-32(22-31)23-38(46)43-24-29-15-17-30(18-16-29)25-44-39(33-11-4-2-5-12-33)34-13-6-3-7-14-34/h2-20,22,26,28,36,39,41,44-45H,21,23-25,27H2,1H3,(H2,40,42)(H,43,46). The molecule has 6 N–H and O–H groups in total. The summed E-state index contributed by atoms with van der Waals surface area (Å²) in [5.41, 5.74) is 13.2. The van der Waals surface area contributed by atoms with E-state index >= 15 is 0 Å². The fourth-order valence-electron chi connectivity index (χ4n) is 5.50. The van der Waals surface area contributed by atoms with Crippen LogP contribution < -0.4 is 21.7 Å². The maximum atomic E-state index is 12.8. The van der Waals surface area contributed by atoms with E-state index in [2.05, 4.69) is 113 Å². The molecule has 0 spiro atoms. The lowest BCUT2D eigenvalue weighted by molar-refractivity contribution is -0.120. The van der Waals surface area contributed by atoms with Crippen LogP contribution in [0.2, 0.25) is 0 Å². The van der Waals surface area contributed by atoms with Gasteiger partial charge in [-0.25, -0.2) is 4.98 Å². The fourth-order valence-corrected chi connectivity index (χ4v) is 5.50. The highest BCUT2D eigenvalue weighted by molar-refractivity contribution is 5.78. The van der Waals surface area contributed by atoms with Gasteiger partial charge < -0.3 is 26.8 Å². The number of aliphatic hydroxyl groups excluding tert-OH is 1. The number of benzene rings is 4. The van der Waals surface area contributed by atoms with Crippen LogP contribution in [-0.2, 0) is 30.7 Å². The van der Waals surface area contributed by atoms with Gasteiger partial charge in [0, 0.05) is 37.4 Å². The number of hydrogen-bond acceptors (Lipinski definition) is 6. The second-order valence-electron chi connectivity index (χ2n) is 11.8. The Morgan fingerprint density at radius 2 is 1.35 bits per heavy atom. The summed E-state index contributed by atoms with van der Waals surface area (Å²) in [6.07, 6.45) is 2.04. The minimum atomic E-state index is -0.662. The lowest BCUT2D eigenvalue weighted by Crippen LogP contribution is -2.32. The summed E-state index contributed by atoms with van der Waals surface area (Å²) in [5.74, 6) is 0.420. The summed E-state index contributed by atoms with van der Waals surface area (Å²) in [7, 11) is 0. The van der Waals surface area contributed by atoms with Crippen LogP contribution in [0.1, 0.15) is 58.0 Å². The Kier molecular flexibility index (Phi) is 11.7. The van der Waals surface area contributed by atoms with Crippen molar-refractivity contribution in [2.45, 2.75) is 51.0 Å². The molecule has 4 aromatic carbocycles. The number of nitrogen functional groups attached to an aromatic ring is 1. The van der Waals surface area contributed by atoms with Crippen LogP contribution in [-0.4, -0.2) is 28.6 Å². The number of aliphatic hydroxyl groups is 1. The summed E-state index contributed by atoms with van der Waals surface area (Å²) in [5, 5.41) is 20.6. The van der Waals surface area contributed by atoms with Crippen LogP contribution in [0.15, 0.2) is 128 Å². The van der Waals surface area contributed by atoms with Crippen LogP contribution in [0.25, 0.3) is 0 Å². The molecule has 0 aliphatic rings. The van der Waals surface area contributed by atoms with E-state index in [4.69, 9.17) is 5.73 Å². The number of anilines is 1. The number of carbonyl (C=O) groups is 1. The van der Waals surface area contributed by atoms with Gasteiger partial charge in [-0.15, -0.1) is 0 Å². The first-order chi connectivity index (χ1) is 22.4. The highest BCUT2D eigenvalue weighted by atomic mass is 16.3. The van der Waals surface area contributed by atoms with E-state index in [1.807, 2.05) is 24.3 Å². The minimum absolute atomic E-state index is 0.0112. The van der Waals surface area contributed by atoms with Gasteiger partial charge in [-0.3, -0.25) is 4.79 Å².